The van der Waals surface area contributed by atoms with E-state index in [4.69, 9.17) is 11.6 Å². The molecule has 4 aromatic carbocycles. The predicted molar refractivity (Wildman–Crippen MR) is 135 cm³/mol. The summed E-state index contributed by atoms with van der Waals surface area (Å²) in [5.41, 5.74) is 5.84. The van der Waals surface area contributed by atoms with E-state index in [0.717, 1.165) is 39.1 Å². The first kappa shape index (κ1) is 21.9. The van der Waals surface area contributed by atoms with Gasteiger partial charge in [0, 0.05) is 28.3 Å². The number of carbonyl (C=O) groups excluding carboxylic acids is 1. The van der Waals surface area contributed by atoms with Crippen LogP contribution in [-0.4, -0.2) is 21.2 Å². The van der Waals surface area contributed by atoms with Gasteiger partial charge in [-0.15, -0.1) is 0 Å². The number of hydrogen-bond donors (Lipinski definition) is 4. The monoisotopic (exact) mass is 483 g/mol. The number of anilines is 1. The lowest BCUT2D eigenvalue weighted by molar-refractivity contribution is -0.118. The highest BCUT2D eigenvalue weighted by Gasteiger charge is 2.65. The van der Waals surface area contributed by atoms with Crippen LogP contribution in [0.4, 0.5) is 5.69 Å². The fourth-order valence-corrected chi connectivity index (χ4v) is 5.56. The Kier molecular flexibility index (Phi) is 4.97. The summed E-state index contributed by atoms with van der Waals surface area (Å²) in [6.07, 6.45) is -0.838. The summed E-state index contributed by atoms with van der Waals surface area (Å²) in [5.74, 6) is 0.196. The average Bonchev–Trinajstić information content (AvgIpc) is 3.55. The lowest BCUT2D eigenvalue weighted by atomic mass is 9.89. The zero-order chi connectivity index (χ0) is 24.3. The van der Waals surface area contributed by atoms with Crippen molar-refractivity contribution in [3.8, 4) is 28.0 Å². The quantitative estimate of drug-likeness (QED) is 0.279. The maximum Gasteiger partial charge on any atom is 0.235 e. The second-order valence-electron chi connectivity index (χ2n) is 9.19. The standard InChI is InChI=1S/C29H22ClNO4/c30-24-14-25-22(13-21(24)17-7-5-16(6-8-17)20-3-1-2-4-26(20)32)29(28(35)31-25)15-23(29)18-9-11-19(12-10-18)27(33)34/h1-14,23,27,32-34H,15H2,(H,31,35). The van der Waals surface area contributed by atoms with E-state index in [1.807, 2.05) is 60.7 Å². The zero-order valence-electron chi connectivity index (χ0n) is 18.6. The van der Waals surface area contributed by atoms with E-state index >= 15 is 0 Å². The van der Waals surface area contributed by atoms with Crippen molar-refractivity contribution in [3.63, 3.8) is 0 Å². The number of fused-ring (bicyclic) bond motifs is 2. The van der Waals surface area contributed by atoms with E-state index < -0.39 is 11.7 Å². The summed E-state index contributed by atoms with van der Waals surface area (Å²) in [6, 6.07) is 25.9. The van der Waals surface area contributed by atoms with E-state index in [9.17, 15) is 20.1 Å². The lowest BCUT2D eigenvalue weighted by Crippen LogP contribution is -2.21. The van der Waals surface area contributed by atoms with Gasteiger partial charge in [0.2, 0.25) is 5.91 Å². The van der Waals surface area contributed by atoms with Gasteiger partial charge in [-0.1, -0.05) is 78.3 Å². The molecule has 6 heteroatoms. The first-order valence-electron chi connectivity index (χ1n) is 11.4. The van der Waals surface area contributed by atoms with Crippen LogP contribution in [0.25, 0.3) is 22.3 Å². The Labute approximate surface area is 207 Å². The molecular weight excluding hydrogens is 462 g/mol. The Morgan fingerprint density at radius 2 is 1.54 bits per heavy atom. The van der Waals surface area contributed by atoms with Crippen molar-refractivity contribution in [2.45, 2.75) is 24.0 Å². The van der Waals surface area contributed by atoms with Crippen LogP contribution in [0.2, 0.25) is 5.02 Å². The van der Waals surface area contributed by atoms with Crippen LogP contribution in [0.3, 0.4) is 0 Å². The number of aliphatic hydroxyl groups excluding tert-OH is 1. The number of para-hydroxylation sites is 1. The molecule has 0 saturated heterocycles. The number of carbonyl (C=O) groups is 1. The lowest BCUT2D eigenvalue weighted by Gasteiger charge is -2.13. The van der Waals surface area contributed by atoms with Gasteiger partial charge in [0.1, 0.15) is 5.75 Å². The van der Waals surface area contributed by atoms with Crippen LogP contribution in [-0.2, 0) is 10.2 Å². The number of amides is 1. The number of hydrogen-bond acceptors (Lipinski definition) is 4. The van der Waals surface area contributed by atoms with E-state index in [1.165, 1.54) is 0 Å². The molecular formula is C29H22ClNO4. The number of benzene rings is 4. The van der Waals surface area contributed by atoms with Gasteiger partial charge in [-0.05, 0) is 46.9 Å². The minimum Gasteiger partial charge on any atom is -0.507 e. The number of phenolic OH excluding ortho intramolecular Hbond substituents is 1. The summed E-state index contributed by atoms with van der Waals surface area (Å²) in [7, 11) is 0. The van der Waals surface area contributed by atoms with Gasteiger partial charge < -0.3 is 20.6 Å². The van der Waals surface area contributed by atoms with Gasteiger partial charge >= 0.3 is 0 Å². The molecule has 2 aliphatic rings. The van der Waals surface area contributed by atoms with Crippen LogP contribution in [0.5, 0.6) is 5.75 Å². The Morgan fingerprint density at radius 3 is 2.20 bits per heavy atom. The maximum absolute atomic E-state index is 13.1. The van der Waals surface area contributed by atoms with Crippen molar-refractivity contribution in [1.29, 1.82) is 0 Å². The minimum absolute atomic E-state index is 0.00564. The molecule has 1 spiro atoms. The second kappa shape index (κ2) is 7.95. The molecule has 1 fully saturated rings. The van der Waals surface area contributed by atoms with Crippen LogP contribution in [0.15, 0.2) is 84.9 Å². The Morgan fingerprint density at radius 1 is 0.886 bits per heavy atom. The number of aliphatic hydroxyl groups is 2. The first-order chi connectivity index (χ1) is 16.9. The van der Waals surface area contributed by atoms with Crippen LogP contribution in [0, 0.1) is 0 Å². The molecule has 1 saturated carbocycles. The first-order valence-corrected chi connectivity index (χ1v) is 11.8. The molecule has 4 N–H and O–H groups in total. The molecule has 1 amide bonds. The van der Waals surface area contributed by atoms with Crippen molar-refractivity contribution in [3.05, 3.63) is 107 Å². The minimum atomic E-state index is -1.52. The number of aromatic hydroxyl groups is 1. The van der Waals surface area contributed by atoms with Crippen LogP contribution < -0.4 is 5.32 Å². The van der Waals surface area contributed by atoms with Gasteiger partial charge in [0.25, 0.3) is 0 Å². The Bertz CT molecular complexity index is 1460. The molecule has 6 rings (SSSR count). The van der Waals surface area contributed by atoms with Gasteiger partial charge in [-0.2, -0.15) is 0 Å². The Balaban J connectivity index is 1.36. The highest BCUT2D eigenvalue weighted by Crippen LogP contribution is 2.65. The molecule has 2 unspecified atom stereocenters. The number of phenols is 1. The third kappa shape index (κ3) is 3.43. The third-order valence-corrected chi connectivity index (χ3v) is 7.56. The maximum atomic E-state index is 13.1. The molecule has 35 heavy (non-hydrogen) atoms. The van der Waals surface area contributed by atoms with Crippen molar-refractivity contribution in [1.82, 2.24) is 0 Å². The van der Waals surface area contributed by atoms with Gasteiger partial charge in [-0.25, -0.2) is 0 Å². The molecule has 5 nitrogen and oxygen atoms in total. The van der Waals surface area contributed by atoms with E-state index in [1.54, 1.807) is 24.3 Å². The van der Waals surface area contributed by atoms with Gasteiger partial charge in [0.05, 0.1) is 10.4 Å². The average molecular weight is 484 g/mol. The van der Waals surface area contributed by atoms with E-state index in [-0.39, 0.29) is 17.6 Å². The molecule has 1 heterocycles. The molecule has 0 aromatic heterocycles. The van der Waals surface area contributed by atoms with E-state index in [2.05, 4.69) is 5.32 Å². The highest BCUT2D eigenvalue weighted by atomic mass is 35.5. The normalized spacial score (nSPS) is 20.2. The van der Waals surface area contributed by atoms with E-state index in [0.29, 0.717) is 17.0 Å². The fourth-order valence-electron chi connectivity index (χ4n) is 5.28. The zero-order valence-corrected chi connectivity index (χ0v) is 19.3. The SMILES string of the molecule is O=C1Nc2cc(Cl)c(-c3ccc(-c4ccccc4O)cc3)cc2C12CC2c1ccc(C(O)O)cc1. The Hall–Kier alpha value is -3.64. The molecule has 0 radical (unpaired) electrons. The highest BCUT2D eigenvalue weighted by molar-refractivity contribution is 6.34. The van der Waals surface area contributed by atoms with Gasteiger partial charge in [-0.3, -0.25) is 4.79 Å². The number of rotatable bonds is 4. The largest absolute Gasteiger partial charge is 0.507 e. The third-order valence-electron chi connectivity index (χ3n) is 7.25. The summed E-state index contributed by atoms with van der Waals surface area (Å²) in [5, 5.41) is 32.5. The molecule has 1 aliphatic heterocycles. The van der Waals surface area contributed by atoms with Crippen molar-refractivity contribution < 1.29 is 20.1 Å². The van der Waals surface area contributed by atoms with Crippen LogP contribution in [0.1, 0.15) is 35.3 Å². The van der Waals surface area contributed by atoms with Crippen molar-refractivity contribution >= 4 is 23.2 Å². The second-order valence-corrected chi connectivity index (χ2v) is 9.60. The van der Waals surface area contributed by atoms with Crippen molar-refractivity contribution in [2.24, 2.45) is 0 Å². The molecule has 0 bridgehead atoms. The molecule has 1 aliphatic carbocycles. The van der Waals surface area contributed by atoms with Crippen LogP contribution >= 0.6 is 11.6 Å². The molecule has 4 aromatic rings. The molecule has 174 valence electrons. The number of nitrogens with one attached hydrogen (secondary N) is 1. The summed E-state index contributed by atoms with van der Waals surface area (Å²) in [6.45, 7) is 0. The topological polar surface area (TPSA) is 89.8 Å². The predicted octanol–water partition coefficient (Wildman–Crippen LogP) is 5.74. The van der Waals surface area contributed by atoms with Gasteiger partial charge in [0.15, 0.2) is 6.29 Å². The summed E-state index contributed by atoms with van der Waals surface area (Å²) in [4.78, 5) is 13.1. The summed E-state index contributed by atoms with van der Waals surface area (Å²) < 4.78 is 0. The fraction of sp³-hybridized carbons (Fsp3) is 0.138. The summed E-state index contributed by atoms with van der Waals surface area (Å²) >= 11 is 6.65. The molecule has 2 atom stereocenters. The van der Waals surface area contributed by atoms with Crippen molar-refractivity contribution in [2.75, 3.05) is 5.32 Å². The number of halogens is 1. The smallest absolute Gasteiger partial charge is 0.235 e.